The Bertz CT molecular complexity index is 530. The molecule has 0 aliphatic carbocycles. The third kappa shape index (κ3) is 2.85. The van der Waals surface area contributed by atoms with Gasteiger partial charge in [-0.15, -0.1) is 0 Å². The molecule has 0 unspecified atom stereocenters. The van der Waals surface area contributed by atoms with E-state index in [0.29, 0.717) is 17.1 Å². The van der Waals surface area contributed by atoms with Crippen LogP contribution in [0.25, 0.3) is 0 Å². The lowest BCUT2D eigenvalue weighted by molar-refractivity contribution is 0.348. The van der Waals surface area contributed by atoms with E-state index < -0.39 is 10.0 Å². The van der Waals surface area contributed by atoms with Crippen LogP contribution in [0, 0.1) is 13.8 Å². The monoisotopic (exact) mass is 288 g/mol. The van der Waals surface area contributed by atoms with Crippen molar-refractivity contribution in [1.29, 1.82) is 0 Å². The number of nitrogens with zero attached hydrogens (tertiary/aromatic N) is 1. The van der Waals surface area contributed by atoms with E-state index in [2.05, 4.69) is 0 Å². The Morgan fingerprint density at radius 3 is 2.16 bits per heavy atom. The Kier molecular flexibility index (Phi) is 5.18. The van der Waals surface area contributed by atoms with Gasteiger partial charge in [0.1, 0.15) is 16.4 Å². The lowest BCUT2D eigenvalue weighted by atomic mass is 10.2. The zero-order valence-electron chi connectivity index (χ0n) is 12.4. The van der Waals surface area contributed by atoms with Gasteiger partial charge in [0.15, 0.2) is 0 Å². The number of aryl methyl sites for hydroxylation is 2. The fraction of sp³-hybridized carbons (Fsp3) is 0.692. The lowest BCUT2D eigenvalue weighted by Crippen LogP contribution is -2.36. The van der Waals surface area contributed by atoms with E-state index in [0.717, 1.165) is 12.8 Å². The van der Waals surface area contributed by atoms with Crippen molar-refractivity contribution in [2.45, 2.75) is 58.0 Å². The number of hydrogen-bond donors (Lipinski definition) is 1. The highest BCUT2D eigenvalue weighted by Crippen LogP contribution is 2.30. The van der Waals surface area contributed by atoms with Crippen molar-refractivity contribution in [1.82, 2.24) is 4.31 Å². The van der Waals surface area contributed by atoms with Crippen LogP contribution in [0.15, 0.2) is 9.31 Å². The molecule has 1 rings (SSSR count). The largest absolute Gasteiger partial charge is 0.465 e. The quantitative estimate of drug-likeness (QED) is 0.870. The summed E-state index contributed by atoms with van der Waals surface area (Å²) in [6.07, 6.45) is 1.56. The van der Waals surface area contributed by atoms with E-state index in [-0.39, 0.29) is 17.5 Å². The summed E-state index contributed by atoms with van der Waals surface area (Å²) in [6.45, 7) is 7.54. The average Bonchev–Trinajstić information content (AvgIpc) is 2.65. The predicted octanol–water partition coefficient (Wildman–Crippen LogP) is 2.16. The third-order valence-corrected chi connectivity index (χ3v) is 5.73. The molecular formula is C13H24N2O3S. The van der Waals surface area contributed by atoms with Crippen LogP contribution in [-0.4, -0.2) is 25.8 Å². The van der Waals surface area contributed by atoms with Gasteiger partial charge in [0, 0.05) is 25.2 Å². The second-order valence-corrected chi connectivity index (χ2v) is 6.65. The van der Waals surface area contributed by atoms with Crippen LogP contribution in [-0.2, 0) is 16.6 Å². The number of hydrogen-bond acceptors (Lipinski definition) is 4. The van der Waals surface area contributed by atoms with Crippen LogP contribution in [0.4, 0.5) is 0 Å². The minimum Gasteiger partial charge on any atom is -0.465 e. The molecule has 0 radical (unpaired) electrons. The smallest absolute Gasteiger partial charge is 0.246 e. The van der Waals surface area contributed by atoms with Crippen LogP contribution < -0.4 is 5.73 Å². The number of nitrogens with two attached hydrogens (primary N) is 1. The molecule has 0 saturated heterocycles. The molecular weight excluding hydrogens is 264 g/mol. The lowest BCUT2D eigenvalue weighted by Gasteiger charge is -2.25. The number of furan rings is 1. The normalized spacial score (nSPS) is 12.6. The first-order valence-electron chi connectivity index (χ1n) is 6.58. The molecule has 2 N–H and O–H groups in total. The summed E-state index contributed by atoms with van der Waals surface area (Å²) in [4.78, 5) is 0.238. The Balaban J connectivity index is 3.35. The van der Waals surface area contributed by atoms with Crippen molar-refractivity contribution >= 4 is 10.0 Å². The van der Waals surface area contributed by atoms with Crippen molar-refractivity contribution in [3.63, 3.8) is 0 Å². The number of rotatable bonds is 6. The Morgan fingerprint density at radius 1 is 1.21 bits per heavy atom. The van der Waals surface area contributed by atoms with Crippen LogP contribution in [0.1, 0.15) is 43.8 Å². The van der Waals surface area contributed by atoms with E-state index in [1.807, 2.05) is 13.8 Å². The van der Waals surface area contributed by atoms with E-state index in [1.54, 1.807) is 20.9 Å². The maximum atomic E-state index is 12.7. The first kappa shape index (κ1) is 16.2. The Labute approximate surface area is 115 Å². The van der Waals surface area contributed by atoms with Gasteiger partial charge in [-0.1, -0.05) is 13.8 Å². The highest BCUT2D eigenvalue weighted by molar-refractivity contribution is 7.89. The van der Waals surface area contributed by atoms with E-state index in [4.69, 9.17) is 10.2 Å². The maximum Gasteiger partial charge on any atom is 0.246 e. The van der Waals surface area contributed by atoms with Gasteiger partial charge in [-0.3, -0.25) is 0 Å². The van der Waals surface area contributed by atoms with Crippen molar-refractivity contribution in [3.8, 4) is 0 Å². The summed E-state index contributed by atoms with van der Waals surface area (Å²) >= 11 is 0. The molecule has 0 atom stereocenters. The minimum absolute atomic E-state index is 0.00905. The zero-order chi connectivity index (χ0) is 14.8. The van der Waals surface area contributed by atoms with Crippen molar-refractivity contribution in [2.24, 2.45) is 5.73 Å². The van der Waals surface area contributed by atoms with Gasteiger partial charge in [0.2, 0.25) is 10.0 Å². The Hall–Kier alpha value is -0.850. The van der Waals surface area contributed by atoms with Crippen LogP contribution in [0.2, 0.25) is 0 Å². The molecule has 0 fully saturated rings. The van der Waals surface area contributed by atoms with Gasteiger partial charge in [-0.2, -0.15) is 4.31 Å². The third-order valence-electron chi connectivity index (χ3n) is 3.62. The van der Waals surface area contributed by atoms with Gasteiger partial charge < -0.3 is 10.2 Å². The molecule has 1 heterocycles. The summed E-state index contributed by atoms with van der Waals surface area (Å²) in [5, 5.41) is 0. The second-order valence-electron chi connectivity index (χ2n) is 4.72. The van der Waals surface area contributed by atoms with Crippen LogP contribution in [0.3, 0.4) is 0 Å². The summed E-state index contributed by atoms with van der Waals surface area (Å²) in [7, 11) is -1.94. The fourth-order valence-electron chi connectivity index (χ4n) is 2.43. The molecule has 0 aliphatic heterocycles. The highest BCUT2D eigenvalue weighted by atomic mass is 32.2. The SMILES string of the molecule is CCC(CC)N(C)S(=O)(=O)c1c(C)oc(C)c1CN. The van der Waals surface area contributed by atoms with Crippen molar-refractivity contribution in [3.05, 3.63) is 17.1 Å². The molecule has 0 amide bonds. The van der Waals surface area contributed by atoms with Crippen molar-refractivity contribution < 1.29 is 12.8 Å². The average molecular weight is 288 g/mol. The molecule has 5 nitrogen and oxygen atoms in total. The molecule has 0 aromatic carbocycles. The van der Waals surface area contributed by atoms with Gasteiger partial charge in [-0.25, -0.2) is 8.42 Å². The molecule has 6 heteroatoms. The topological polar surface area (TPSA) is 76.5 Å². The zero-order valence-corrected chi connectivity index (χ0v) is 13.2. The molecule has 1 aromatic rings. The van der Waals surface area contributed by atoms with Gasteiger partial charge in [0.25, 0.3) is 0 Å². The number of sulfonamides is 1. The summed E-state index contributed by atoms with van der Waals surface area (Å²) in [5.41, 5.74) is 6.24. The molecule has 0 bridgehead atoms. The van der Waals surface area contributed by atoms with Gasteiger partial charge in [-0.05, 0) is 26.7 Å². The summed E-state index contributed by atoms with van der Waals surface area (Å²) < 4.78 is 32.3. The standard InChI is InChI=1S/C13H24N2O3S/c1-6-11(7-2)15(5)19(16,17)13-10(4)18-9(3)12(13)8-14/h11H,6-8,14H2,1-5H3. The second kappa shape index (κ2) is 6.07. The first-order valence-corrected chi connectivity index (χ1v) is 8.02. The van der Waals surface area contributed by atoms with Gasteiger partial charge in [0.05, 0.1) is 0 Å². The van der Waals surface area contributed by atoms with E-state index in [9.17, 15) is 8.42 Å². The van der Waals surface area contributed by atoms with Crippen molar-refractivity contribution in [2.75, 3.05) is 7.05 Å². The van der Waals surface area contributed by atoms with E-state index >= 15 is 0 Å². The van der Waals surface area contributed by atoms with E-state index in [1.165, 1.54) is 4.31 Å². The predicted molar refractivity (Wildman–Crippen MR) is 75.4 cm³/mol. The fourth-order valence-corrected chi connectivity index (χ4v) is 4.35. The highest BCUT2D eigenvalue weighted by Gasteiger charge is 2.32. The Morgan fingerprint density at radius 2 is 1.74 bits per heavy atom. The molecule has 19 heavy (non-hydrogen) atoms. The first-order chi connectivity index (χ1) is 8.81. The van der Waals surface area contributed by atoms with Gasteiger partial charge >= 0.3 is 0 Å². The summed E-state index contributed by atoms with van der Waals surface area (Å²) in [6, 6.07) is -0.00905. The maximum absolute atomic E-state index is 12.7. The molecule has 0 aliphatic rings. The van der Waals surface area contributed by atoms with Crippen LogP contribution >= 0.6 is 0 Å². The molecule has 0 spiro atoms. The molecule has 0 saturated carbocycles. The molecule has 1 aromatic heterocycles. The minimum atomic E-state index is -3.56. The van der Waals surface area contributed by atoms with Crippen LogP contribution in [0.5, 0.6) is 0 Å². The molecule has 110 valence electrons. The summed E-state index contributed by atoms with van der Waals surface area (Å²) in [5.74, 6) is 0.993.